The lowest BCUT2D eigenvalue weighted by atomic mass is 10.2. The zero-order valence-electron chi connectivity index (χ0n) is 9.84. The molecule has 0 atom stereocenters. The third-order valence-corrected chi connectivity index (χ3v) is 2.38. The number of ether oxygens (including phenoxy) is 2. The highest BCUT2D eigenvalue weighted by Gasteiger charge is 2.13. The molecular weight excluding hydrogens is 220 g/mol. The van der Waals surface area contributed by atoms with Gasteiger partial charge in [0.05, 0.1) is 24.9 Å². The molecule has 0 bridgehead atoms. The van der Waals surface area contributed by atoms with E-state index in [4.69, 9.17) is 9.47 Å². The number of pyridine rings is 1. The molecule has 0 aliphatic rings. The van der Waals surface area contributed by atoms with Crippen molar-refractivity contribution in [2.75, 3.05) is 13.7 Å². The molecule has 5 heteroatoms. The Morgan fingerprint density at radius 3 is 3.00 bits per heavy atom. The van der Waals surface area contributed by atoms with Crippen molar-refractivity contribution in [3.63, 3.8) is 0 Å². The summed E-state index contributed by atoms with van der Waals surface area (Å²) in [6, 6.07) is 3.75. The highest BCUT2D eigenvalue weighted by molar-refractivity contribution is 5.96. The molecule has 0 aliphatic carbocycles. The Balaban J connectivity index is 2.38. The predicted molar refractivity (Wildman–Crippen MR) is 61.9 cm³/mol. The number of aromatic nitrogens is 2. The van der Waals surface area contributed by atoms with Crippen LogP contribution in [-0.2, 0) is 16.1 Å². The lowest BCUT2D eigenvalue weighted by molar-refractivity contribution is 0.0528. The van der Waals surface area contributed by atoms with Crippen LogP contribution in [0.3, 0.4) is 0 Å². The van der Waals surface area contributed by atoms with Gasteiger partial charge in [-0.05, 0) is 18.6 Å². The number of esters is 1. The van der Waals surface area contributed by atoms with Crippen LogP contribution >= 0.6 is 0 Å². The van der Waals surface area contributed by atoms with Crippen LogP contribution in [0.4, 0.5) is 0 Å². The van der Waals surface area contributed by atoms with Crippen LogP contribution in [0.5, 0.6) is 0 Å². The third kappa shape index (κ3) is 2.29. The summed E-state index contributed by atoms with van der Waals surface area (Å²) in [5, 5.41) is 4.13. The van der Waals surface area contributed by atoms with Gasteiger partial charge in [-0.1, -0.05) is 6.07 Å². The predicted octanol–water partition coefficient (Wildman–Crippen LogP) is 1.66. The van der Waals surface area contributed by atoms with E-state index in [1.54, 1.807) is 18.5 Å². The molecule has 2 heterocycles. The van der Waals surface area contributed by atoms with Crippen molar-refractivity contribution in [2.24, 2.45) is 0 Å². The molecule has 0 fully saturated rings. The monoisotopic (exact) mass is 234 g/mol. The van der Waals surface area contributed by atoms with Gasteiger partial charge in [0.1, 0.15) is 5.56 Å². The Bertz CT molecular complexity index is 534. The van der Waals surface area contributed by atoms with E-state index in [2.05, 4.69) is 5.10 Å². The van der Waals surface area contributed by atoms with Gasteiger partial charge in [-0.25, -0.2) is 9.31 Å². The number of rotatable bonds is 4. The fourth-order valence-electron chi connectivity index (χ4n) is 1.64. The maximum absolute atomic E-state index is 11.6. The Labute approximate surface area is 99.0 Å². The van der Waals surface area contributed by atoms with E-state index in [-0.39, 0.29) is 5.97 Å². The van der Waals surface area contributed by atoms with Crippen molar-refractivity contribution in [2.45, 2.75) is 13.5 Å². The minimum absolute atomic E-state index is 0.345. The van der Waals surface area contributed by atoms with Crippen LogP contribution < -0.4 is 0 Å². The minimum atomic E-state index is -0.345. The molecule has 0 saturated heterocycles. The molecule has 0 spiro atoms. The van der Waals surface area contributed by atoms with Crippen LogP contribution in [0, 0.1) is 0 Å². The fraction of sp³-hybridized carbons (Fsp3) is 0.333. The summed E-state index contributed by atoms with van der Waals surface area (Å²) in [6.45, 7) is 2.66. The number of hydrogen-bond acceptors (Lipinski definition) is 4. The van der Waals surface area contributed by atoms with E-state index in [1.165, 1.54) is 6.20 Å². The zero-order valence-corrected chi connectivity index (χ0v) is 9.84. The van der Waals surface area contributed by atoms with Crippen molar-refractivity contribution in [3.8, 4) is 0 Å². The molecule has 5 nitrogen and oxygen atoms in total. The molecule has 0 aromatic carbocycles. The smallest absolute Gasteiger partial charge is 0.341 e. The summed E-state index contributed by atoms with van der Waals surface area (Å²) in [7, 11) is 1.64. The second kappa shape index (κ2) is 4.97. The van der Waals surface area contributed by atoms with Crippen LogP contribution in [0.15, 0.2) is 24.5 Å². The minimum Gasteiger partial charge on any atom is -0.462 e. The van der Waals surface area contributed by atoms with E-state index in [0.717, 1.165) is 11.1 Å². The molecule has 17 heavy (non-hydrogen) atoms. The van der Waals surface area contributed by atoms with Crippen molar-refractivity contribution >= 4 is 11.5 Å². The number of carbonyl (C=O) groups excluding carboxylic acids is 1. The lowest BCUT2D eigenvalue weighted by Crippen LogP contribution is -2.04. The Hall–Kier alpha value is -1.88. The third-order valence-electron chi connectivity index (χ3n) is 2.38. The van der Waals surface area contributed by atoms with Gasteiger partial charge in [0.15, 0.2) is 0 Å². The molecule has 0 radical (unpaired) electrons. The normalized spacial score (nSPS) is 10.7. The quantitative estimate of drug-likeness (QED) is 0.755. The topological polar surface area (TPSA) is 52.8 Å². The van der Waals surface area contributed by atoms with Crippen LogP contribution in [0.1, 0.15) is 22.8 Å². The Kier molecular flexibility index (Phi) is 3.39. The first-order valence-electron chi connectivity index (χ1n) is 5.38. The molecule has 0 N–H and O–H groups in total. The second-order valence-corrected chi connectivity index (χ2v) is 3.58. The SMILES string of the molecule is CCOC(=O)c1cnn2cc(COC)ccc12. The standard InChI is InChI=1S/C12H14N2O3/c1-3-17-12(15)10-6-13-14-7-9(8-16-2)4-5-11(10)14/h4-7H,3,8H2,1-2H3. The molecular formula is C12H14N2O3. The highest BCUT2D eigenvalue weighted by Crippen LogP contribution is 2.13. The molecule has 0 aliphatic heterocycles. The summed E-state index contributed by atoms with van der Waals surface area (Å²) in [4.78, 5) is 11.6. The first-order valence-corrected chi connectivity index (χ1v) is 5.38. The van der Waals surface area contributed by atoms with Gasteiger partial charge in [-0.3, -0.25) is 0 Å². The van der Waals surface area contributed by atoms with E-state index in [9.17, 15) is 4.79 Å². The first-order chi connectivity index (χ1) is 8.26. The molecule has 2 rings (SSSR count). The summed E-state index contributed by atoms with van der Waals surface area (Å²) in [6.07, 6.45) is 3.35. The molecule has 0 unspecified atom stereocenters. The largest absolute Gasteiger partial charge is 0.462 e. The molecule has 90 valence electrons. The average molecular weight is 234 g/mol. The van der Waals surface area contributed by atoms with Gasteiger partial charge in [-0.2, -0.15) is 5.10 Å². The average Bonchev–Trinajstić information content (AvgIpc) is 2.73. The maximum Gasteiger partial charge on any atom is 0.341 e. The summed E-state index contributed by atoms with van der Waals surface area (Å²) in [5.41, 5.74) is 2.22. The number of methoxy groups -OCH3 is 1. The van der Waals surface area contributed by atoms with Gasteiger partial charge in [0.25, 0.3) is 0 Å². The summed E-state index contributed by atoms with van der Waals surface area (Å²) in [5.74, 6) is -0.345. The highest BCUT2D eigenvalue weighted by atomic mass is 16.5. The maximum atomic E-state index is 11.6. The van der Waals surface area contributed by atoms with Crippen molar-refractivity contribution in [1.82, 2.24) is 9.61 Å². The first kappa shape index (κ1) is 11.6. The van der Waals surface area contributed by atoms with Gasteiger partial charge >= 0.3 is 5.97 Å². The number of fused-ring (bicyclic) bond motifs is 1. The van der Waals surface area contributed by atoms with Gasteiger partial charge in [-0.15, -0.1) is 0 Å². The van der Waals surface area contributed by atoms with Crippen molar-refractivity contribution in [3.05, 3.63) is 35.7 Å². The lowest BCUT2D eigenvalue weighted by Gasteiger charge is -2.02. The number of hydrogen-bond donors (Lipinski definition) is 0. The van der Waals surface area contributed by atoms with Crippen LogP contribution in [0.25, 0.3) is 5.52 Å². The van der Waals surface area contributed by atoms with Crippen LogP contribution in [-0.4, -0.2) is 29.3 Å². The fourth-order valence-corrected chi connectivity index (χ4v) is 1.64. The molecule has 2 aromatic rings. The van der Waals surface area contributed by atoms with Gasteiger partial charge < -0.3 is 9.47 Å². The zero-order chi connectivity index (χ0) is 12.3. The van der Waals surface area contributed by atoms with Gasteiger partial charge in [0.2, 0.25) is 0 Å². The van der Waals surface area contributed by atoms with Crippen molar-refractivity contribution in [1.29, 1.82) is 0 Å². The van der Waals surface area contributed by atoms with E-state index < -0.39 is 0 Å². The van der Waals surface area contributed by atoms with Gasteiger partial charge in [0, 0.05) is 13.3 Å². The number of carbonyl (C=O) groups is 1. The number of nitrogens with zero attached hydrogens (tertiary/aromatic N) is 2. The van der Waals surface area contributed by atoms with E-state index in [0.29, 0.717) is 18.8 Å². The Morgan fingerprint density at radius 1 is 1.47 bits per heavy atom. The van der Waals surface area contributed by atoms with E-state index >= 15 is 0 Å². The van der Waals surface area contributed by atoms with Crippen molar-refractivity contribution < 1.29 is 14.3 Å². The second-order valence-electron chi connectivity index (χ2n) is 3.58. The summed E-state index contributed by atoms with van der Waals surface area (Å²) < 4.78 is 11.6. The summed E-state index contributed by atoms with van der Waals surface area (Å²) >= 11 is 0. The van der Waals surface area contributed by atoms with E-state index in [1.807, 2.05) is 18.3 Å². The Morgan fingerprint density at radius 2 is 2.29 bits per heavy atom. The van der Waals surface area contributed by atoms with Crippen LogP contribution in [0.2, 0.25) is 0 Å². The molecule has 2 aromatic heterocycles. The molecule has 0 saturated carbocycles. The molecule has 0 amide bonds.